The number of carbonyl (C=O) groups excluding carboxylic acids is 1. The summed E-state index contributed by atoms with van der Waals surface area (Å²) in [4.78, 5) is 21.3. The van der Waals surface area contributed by atoms with E-state index in [4.69, 9.17) is 4.52 Å². The molecule has 0 bridgehead atoms. The summed E-state index contributed by atoms with van der Waals surface area (Å²) in [7, 11) is 0. The zero-order valence-corrected chi connectivity index (χ0v) is 20.1. The predicted octanol–water partition coefficient (Wildman–Crippen LogP) is 6.36. The minimum atomic E-state index is -0.489. The molecule has 1 aliphatic rings. The number of carbonyl (C=O) groups is 1. The van der Waals surface area contributed by atoms with Crippen molar-refractivity contribution in [1.29, 1.82) is 0 Å². The van der Waals surface area contributed by atoms with E-state index in [1.54, 1.807) is 30.0 Å². The minimum absolute atomic E-state index is 0.0812. The van der Waals surface area contributed by atoms with E-state index in [0.29, 0.717) is 28.5 Å². The molecular weight excluding hydrogens is 471 g/mol. The van der Waals surface area contributed by atoms with Crippen molar-refractivity contribution in [3.05, 3.63) is 94.6 Å². The van der Waals surface area contributed by atoms with E-state index in [2.05, 4.69) is 15.5 Å². The number of nitrogens with one attached hydrogen (secondary N) is 1. The Balaban J connectivity index is 1.60. The topological polar surface area (TPSA) is 71.3 Å². The van der Waals surface area contributed by atoms with E-state index in [1.807, 2.05) is 55.0 Å². The third-order valence-electron chi connectivity index (χ3n) is 5.73. The van der Waals surface area contributed by atoms with Crippen LogP contribution >= 0.6 is 23.1 Å². The third-order valence-corrected chi connectivity index (χ3v) is 7.34. The summed E-state index contributed by atoms with van der Waals surface area (Å²) in [6.45, 7) is 1.91. The summed E-state index contributed by atoms with van der Waals surface area (Å²) >= 11 is 3.16. The molecule has 0 saturated heterocycles. The second-order valence-electron chi connectivity index (χ2n) is 7.73. The van der Waals surface area contributed by atoms with Gasteiger partial charge in [-0.2, -0.15) is 4.98 Å². The van der Waals surface area contributed by atoms with Crippen molar-refractivity contribution in [2.24, 2.45) is 0 Å². The molecule has 4 aromatic rings. The van der Waals surface area contributed by atoms with Gasteiger partial charge in [0.15, 0.2) is 0 Å². The molecule has 172 valence electrons. The second kappa shape index (κ2) is 9.44. The highest BCUT2D eigenvalue weighted by molar-refractivity contribution is 7.98. The number of amides is 2. The van der Waals surface area contributed by atoms with Crippen LogP contribution in [0.15, 0.2) is 81.2 Å². The van der Waals surface area contributed by atoms with Crippen molar-refractivity contribution in [2.75, 3.05) is 6.26 Å². The van der Waals surface area contributed by atoms with Crippen molar-refractivity contribution in [2.45, 2.75) is 24.4 Å². The largest absolute Gasteiger partial charge is 0.334 e. The average molecular weight is 493 g/mol. The lowest BCUT2D eigenvalue weighted by Crippen LogP contribution is -2.45. The molecule has 1 N–H and O–H groups in total. The van der Waals surface area contributed by atoms with E-state index in [0.717, 1.165) is 15.3 Å². The maximum Gasteiger partial charge on any atom is 0.322 e. The second-order valence-corrected chi connectivity index (χ2v) is 9.56. The van der Waals surface area contributed by atoms with Crippen LogP contribution in [-0.2, 0) is 6.54 Å². The first kappa shape index (κ1) is 22.4. The maximum atomic E-state index is 14.4. The molecule has 0 aliphatic carbocycles. The van der Waals surface area contributed by atoms with Crippen molar-refractivity contribution < 1.29 is 13.7 Å². The van der Waals surface area contributed by atoms with Crippen LogP contribution in [0.1, 0.15) is 30.0 Å². The fourth-order valence-corrected chi connectivity index (χ4v) is 4.99. The molecule has 3 heterocycles. The SMILES string of the molecule is CSc1ccc(C2NC(=O)N(Cc3ccccc3F)C(C)=C2c2nc(-c3cccs3)no2)cc1. The molecule has 1 atom stereocenters. The Kier molecular flexibility index (Phi) is 6.21. The Hall–Kier alpha value is -3.43. The van der Waals surface area contributed by atoms with Crippen LogP contribution in [0.4, 0.5) is 9.18 Å². The molecule has 9 heteroatoms. The van der Waals surface area contributed by atoms with E-state index < -0.39 is 6.04 Å². The highest BCUT2D eigenvalue weighted by Crippen LogP contribution is 2.38. The molecule has 6 nitrogen and oxygen atoms in total. The lowest BCUT2D eigenvalue weighted by atomic mass is 9.94. The zero-order valence-electron chi connectivity index (χ0n) is 18.5. The number of nitrogens with zero attached hydrogens (tertiary/aromatic N) is 3. The summed E-state index contributed by atoms with van der Waals surface area (Å²) in [5, 5.41) is 9.17. The van der Waals surface area contributed by atoms with Gasteiger partial charge in [-0.1, -0.05) is 41.6 Å². The van der Waals surface area contributed by atoms with E-state index in [1.165, 1.54) is 22.3 Å². The molecule has 34 heavy (non-hydrogen) atoms. The summed E-state index contributed by atoms with van der Waals surface area (Å²) in [5.41, 5.74) is 2.63. The van der Waals surface area contributed by atoms with Crippen LogP contribution in [-0.4, -0.2) is 27.3 Å². The van der Waals surface area contributed by atoms with E-state index in [-0.39, 0.29) is 18.4 Å². The fourth-order valence-electron chi connectivity index (χ4n) is 3.93. The van der Waals surface area contributed by atoms with Gasteiger partial charge in [0, 0.05) is 16.2 Å². The van der Waals surface area contributed by atoms with Gasteiger partial charge in [0.1, 0.15) is 5.82 Å². The molecule has 0 saturated carbocycles. The quantitative estimate of drug-likeness (QED) is 0.317. The van der Waals surface area contributed by atoms with Gasteiger partial charge in [0.2, 0.25) is 5.82 Å². The minimum Gasteiger partial charge on any atom is -0.334 e. The molecule has 1 aliphatic heterocycles. The molecule has 5 rings (SSSR count). The number of benzene rings is 2. The fraction of sp³-hybridized carbons (Fsp3) is 0.160. The Morgan fingerprint density at radius 3 is 2.65 bits per heavy atom. The molecule has 2 aromatic heterocycles. The van der Waals surface area contributed by atoms with Crippen molar-refractivity contribution >= 4 is 34.7 Å². The Labute approximate surface area is 204 Å². The van der Waals surface area contributed by atoms with Gasteiger partial charge in [-0.25, -0.2) is 9.18 Å². The molecule has 1 unspecified atom stereocenters. The molecule has 0 spiro atoms. The van der Waals surface area contributed by atoms with Crippen molar-refractivity contribution in [3.8, 4) is 10.7 Å². The third kappa shape index (κ3) is 4.24. The smallest absolute Gasteiger partial charge is 0.322 e. The van der Waals surface area contributed by atoms with Crippen LogP contribution in [0.2, 0.25) is 0 Å². The Morgan fingerprint density at radius 1 is 1.15 bits per heavy atom. The van der Waals surface area contributed by atoms with E-state index >= 15 is 0 Å². The van der Waals surface area contributed by atoms with Gasteiger partial charge in [-0.15, -0.1) is 23.1 Å². The molecule has 2 amide bonds. The van der Waals surface area contributed by atoms with E-state index in [9.17, 15) is 9.18 Å². The zero-order chi connectivity index (χ0) is 23.7. The Morgan fingerprint density at radius 2 is 1.94 bits per heavy atom. The maximum absolute atomic E-state index is 14.4. The normalized spacial score (nSPS) is 16.1. The van der Waals surface area contributed by atoms with Gasteiger partial charge in [-0.3, -0.25) is 4.90 Å². The van der Waals surface area contributed by atoms with Crippen LogP contribution in [0.3, 0.4) is 0 Å². The van der Waals surface area contributed by atoms with Crippen molar-refractivity contribution in [3.63, 3.8) is 0 Å². The lowest BCUT2D eigenvalue weighted by Gasteiger charge is -2.35. The van der Waals surface area contributed by atoms with Crippen LogP contribution in [0.25, 0.3) is 16.3 Å². The van der Waals surface area contributed by atoms with Gasteiger partial charge >= 0.3 is 6.03 Å². The number of urea groups is 1. The monoisotopic (exact) mass is 492 g/mol. The number of aromatic nitrogens is 2. The standard InChI is InChI=1S/C25H21FN4O2S2/c1-15-21(24-28-23(29-32-24)20-8-5-13-34-20)22(16-9-11-18(33-2)12-10-16)27-25(31)30(15)14-17-6-3-4-7-19(17)26/h3-13,22H,14H2,1-2H3,(H,27,31). The summed E-state index contributed by atoms with van der Waals surface area (Å²) < 4.78 is 20.1. The Bertz CT molecular complexity index is 1350. The van der Waals surface area contributed by atoms with Crippen LogP contribution in [0.5, 0.6) is 0 Å². The first-order valence-corrected chi connectivity index (χ1v) is 12.7. The summed E-state index contributed by atoms with van der Waals surface area (Å²) in [6.07, 6.45) is 2.01. The van der Waals surface area contributed by atoms with Crippen LogP contribution in [0, 0.1) is 5.82 Å². The first-order chi connectivity index (χ1) is 16.5. The first-order valence-electron chi connectivity index (χ1n) is 10.6. The number of hydrogen-bond acceptors (Lipinski definition) is 6. The van der Waals surface area contributed by atoms with Gasteiger partial charge in [0.05, 0.1) is 23.0 Å². The van der Waals surface area contributed by atoms with Crippen LogP contribution < -0.4 is 5.32 Å². The number of halogens is 1. The number of hydrogen-bond donors (Lipinski definition) is 1. The summed E-state index contributed by atoms with van der Waals surface area (Å²) in [5.74, 6) is 0.440. The van der Waals surface area contributed by atoms with Crippen molar-refractivity contribution in [1.82, 2.24) is 20.4 Å². The van der Waals surface area contributed by atoms with Gasteiger partial charge < -0.3 is 9.84 Å². The number of rotatable bonds is 6. The number of thioether (sulfide) groups is 1. The predicted molar refractivity (Wildman–Crippen MR) is 132 cm³/mol. The highest BCUT2D eigenvalue weighted by Gasteiger charge is 2.36. The lowest BCUT2D eigenvalue weighted by molar-refractivity contribution is 0.202. The van der Waals surface area contributed by atoms with Gasteiger partial charge in [0.25, 0.3) is 5.89 Å². The summed E-state index contributed by atoms with van der Waals surface area (Å²) in [6, 6.07) is 17.5. The average Bonchev–Trinajstić information content (AvgIpc) is 3.55. The number of thiophene rings is 1. The number of allylic oxidation sites excluding steroid dienone is 1. The molecule has 0 radical (unpaired) electrons. The molecule has 0 fully saturated rings. The van der Waals surface area contributed by atoms with Gasteiger partial charge in [-0.05, 0) is 48.4 Å². The molecular formula is C25H21FN4O2S2. The molecule has 2 aromatic carbocycles. The highest BCUT2D eigenvalue weighted by atomic mass is 32.2.